The minimum absolute atomic E-state index is 0.0394. The Morgan fingerprint density at radius 1 is 1.29 bits per heavy atom. The van der Waals surface area contributed by atoms with Crippen molar-refractivity contribution in [1.82, 2.24) is 14.9 Å². The third-order valence-corrected chi connectivity index (χ3v) is 4.91. The lowest BCUT2D eigenvalue weighted by Crippen LogP contribution is -2.51. The Hall–Kier alpha value is -2.27. The molecule has 3 rings (SSSR count). The number of nitrogens with zero attached hydrogens (tertiary/aromatic N) is 3. The number of carbonyl (C=O) groups excluding carboxylic acids is 1. The first-order valence-electron chi connectivity index (χ1n) is 8.51. The number of hydrogen-bond acceptors (Lipinski definition) is 4. The van der Waals surface area contributed by atoms with Crippen LogP contribution in [-0.4, -0.2) is 39.9 Å². The number of benzene rings is 1. The molecule has 0 unspecified atom stereocenters. The summed E-state index contributed by atoms with van der Waals surface area (Å²) in [5, 5.41) is 0. The fourth-order valence-corrected chi connectivity index (χ4v) is 3.58. The Labute approximate surface area is 142 Å². The van der Waals surface area contributed by atoms with E-state index in [0.717, 1.165) is 30.5 Å². The molecule has 5 heteroatoms. The van der Waals surface area contributed by atoms with Crippen LogP contribution in [-0.2, 0) is 0 Å². The summed E-state index contributed by atoms with van der Waals surface area (Å²) in [4.78, 5) is 23.9. The number of piperidine rings is 1. The van der Waals surface area contributed by atoms with E-state index in [9.17, 15) is 4.79 Å². The van der Waals surface area contributed by atoms with Gasteiger partial charge in [0.25, 0.3) is 5.91 Å². The van der Waals surface area contributed by atoms with Crippen molar-refractivity contribution in [3.8, 4) is 11.4 Å². The molecule has 1 aromatic carbocycles. The maximum atomic E-state index is 13.3. The summed E-state index contributed by atoms with van der Waals surface area (Å²) in [6, 6.07) is 7.69. The van der Waals surface area contributed by atoms with Crippen LogP contribution in [0.2, 0.25) is 0 Å². The molecule has 0 aliphatic carbocycles. The van der Waals surface area contributed by atoms with Crippen molar-refractivity contribution in [2.24, 2.45) is 11.7 Å². The topological polar surface area (TPSA) is 72.1 Å². The number of aryl methyl sites for hydroxylation is 1. The zero-order chi connectivity index (χ0) is 17.1. The zero-order valence-electron chi connectivity index (χ0n) is 14.3. The van der Waals surface area contributed by atoms with Crippen molar-refractivity contribution in [1.29, 1.82) is 0 Å². The lowest BCUT2D eigenvalue weighted by Gasteiger charge is -2.40. The molecule has 24 heavy (non-hydrogen) atoms. The summed E-state index contributed by atoms with van der Waals surface area (Å²) < 4.78 is 0. The van der Waals surface area contributed by atoms with Gasteiger partial charge < -0.3 is 10.6 Å². The lowest BCUT2D eigenvalue weighted by molar-refractivity contribution is 0.0532. The Kier molecular flexibility index (Phi) is 4.90. The van der Waals surface area contributed by atoms with Crippen molar-refractivity contribution < 1.29 is 4.79 Å². The standard InChI is InChI=1S/C19H24N4O/c1-13-7-4-11-23(16(13)12-20)19(24)17-14(2)6-3-8-15(17)18-21-9-5-10-22-18/h3,5-6,8-10,13,16H,4,7,11-12,20H2,1-2H3/t13-,16-/m1/s1. The van der Waals surface area contributed by atoms with Gasteiger partial charge in [0.05, 0.1) is 5.56 Å². The number of likely N-dealkylation sites (tertiary alicyclic amines) is 1. The number of hydrogen-bond donors (Lipinski definition) is 1. The molecule has 0 saturated carbocycles. The Morgan fingerprint density at radius 3 is 2.75 bits per heavy atom. The van der Waals surface area contributed by atoms with Crippen LogP contribution in [0.3, 0.4) is 0 Å². The lowest BCUT2D eigenvalue weighted by atomic mass is 9.89. The second-order valence-corrected chi connectivity index (χ2v) is 6.49. The molecule has 2 aromatic rings. The average molecular weight is 324 g/mol. The Bertz CT molecular complexity index is 717. The minimum atomic E-state index is 0.0394. The molecule has 2 N–H and O–H groups in total. The largest absolute Gasteiger partial charge is 0.334 e. The smallest absolute Gasteiger partial charge is 0.255 e. The van der Waals surface area contributed by atoms with E-state index in [-0.39, 0.29) is 11.9 Å². The van der Waals surface area contributed by atoms with E-state index in [4.69, 9.17) is 5.73 Å². The summed E-state index contributed by atoms with van der Waals surface area (Å²) >= 11 is 0. The summed E-state index contributed by atoms with van der Waals surface area (Å²) in [6.45, 7) is 5.39. The van der Waals surface area contributed by atoms with Gasteiger partial charge in [-0.3, -0.25) is 4.79 Å². The monoisotopic (exact) mass is 324 g/mol. The highest BCUT2D eigenvalue weighted by Crippen LogP contribution is 2.29. The SMILES string of the molecule is Cc1cccc(-c2ncccn2)c1C(=O)N1CCC[C@@H](C)[C@H]1CN. The van der Waals surface area contributed by atoms with Gasteiger partial charge >= 0.3 is 0 Å². The number of amides is 1. The molecule has 0 bridgehead atoms. The normalized spacial score (nSPS) is 20.9. The highest BCUT2D eigenvalue weighted by atomic mass is 16.2. The molecular formula is C19H24N4O. The molecule has 2 atom stereocenters. The van der Waals surface area contributed by atoms with Gasteiger partial charge in [-0.05, 0) is 37.3 Å². The van der Waals surface area contributed by atoms with E-state index in [2.05, 4.69) is 16.9 Å². The number of nitrogens with two attached hydrogens (primary N) is 1. The molecule has 0 spiro atoms. The number of rotatable bonds is 3. The molecule has 2 heterocycles. The zero-order valence-corrected chi connectivity index (χ0v) is 14.3. The number of aromatic nitrogens is 2. The Morgan fingerprint density at radius 2 is 2.04 bits per heavy atom. The van der Waals surface area contributed by atoms with Gasteiger partial charge in [-0.2, -0.15) is 0 Å². The fourth-order valence-electron chi connectivity index (χ4n) is 3.58. The predicted octanol–water partition coefficient (Wildman–Crippen LogP) is 2.65. The summed E-state index contributed by atoms with van der Waals surface area (Å²) in [7, 11) is 0. The summed E-state index contributed by atoms with van der Waals surface area (Å²) in [5.41, 5.74) is 8.39. The summed E-state index contributed by atoms with van der Waals surface area (Å²) in [5.74, 6) is 1.05. The molecular weight excluding hydrogens is 300 g/mol. The first kappa shape index (κ1) is 16.6. The number of carbonyl (C=O) groups is 1. The van der Waals surface area contributed by atoms with E-state index in [0.29, 0.717) is 23.9 Å². The molecule has 126 valence electrons. The van der Waals surface area contributed by atoms with Crippen molar-refractivity contribution in [2.45, 2.75) is 32.7 Å². The molecule has 1 aliphatic rings. The molecule has 1 fully saturated rings. The van der Waals surface area contributed by atoms with Gasteiger partial charge in [-0.15, -0.1) is 0 Å². The van der Waals surface area contributed by atoms with Crippen LogP contribution in [0.4, 0.5) is 0 Å². The average Bonchev–Trinajstić information content (AvgIpc) is 2.61. The third-order valence-electron chi connectivity index (χ3n) is 4.91. The van der Waals surface area contributed by atoms with Gasteiger partial charge in [0.1, 0.15) is 0 Å². The maximum absolute atomic E-state index is 13.3. The van der Waals surface area contributed by atoms with Gasteiger partial charge in [0.15, 0.2) is 5.82 Å². The van der Waals surface area contributed by atoms with Gasteiger partial charge in [0.2, 0.25) is 0 Å². The first-order valence-corrected chi connectivity index (χ1v) is 8.51. The molecule has 0 radical (unpaired) electrons. The molecule has 1 aliphatic heterocycles. The molecule has 1 amide bonds. The van der Waals surface area contributed by atoms with Crippen LogP contribution >= 0.6 is 0 Å². The molecule has 1 aromatic heterocycles. The first-order chi connectivity index (χ1) is 11.6. The van der Waals surface area contributed by atoms with E-state index < -0.39 is 0 Å². The van der Waals surface area contributed by atoms with Crippen molar-refractivity contribution in [3.63, 3.8) is 0 Å². The Balaban J connectivity index is 2.04. The highest BCUT2D eigenvalue weighted by molar-refractivity contribution is 6.01. The van der Waals surface area contributed by atoms with E-state index in [1.807, 2.05) is 30.0 Å². The minimum Gasteiger partial charge on any atom is -0.334 e. The van der Waals surface area contributed by atoms with E-state index in [1.165, 1.54) is 0 Å². The molecule has 5 nitrogen and oxygen atoms in total. The van der Waals surface area contributed by atoms with E-state index in [1.54, 1.807) is 18.5 Å². The van der Waals surface area contributed by atoms with Crippen LogP contribution in [0.1, 0.15) is 35.7 Å². The van der Waals surface area contributed by atoms with Crippen LogP contribution in [0, 0.1) is 12.8 Å². The van der Waals surface area contributed by atoms with Gasteiger partial charge in [0, 0.05) is 37.1 Å². The highest BCUT2D eigenvalue weighted by Gasteiger charge is 2.33. The van der Waals surface area contributed by atoms with Crippen molar-refractivity contribution in [3.05, 3.63) is 47.8 Å². The quantitative estimate of drug-likeness (QED) is 0.942. The van der Waals surface area contributed by atoms with Crippen LogP contribution in [0.5, 0.6) is 0 Å². The van der Waals surface area contributed by atoms with Crippen LogP contribution in [0.25, 0.3) is 11.4 Å². The van der Waals surface area contributed by atoms with Crippen LogP contribution < -0.4 is 5.73 Å². The van der Waals surface area contributed by atoms with Crippen LogP contribution in [0.15, 0.2) is 36.7 Å². The third kappa shape index (κ3) is 3.04. The molecule has 1 saturated heterocycles. The summed E-state index contributed by atoms with van der Waals surface area (Å²) in [6.07, 6.45) is 5.54. The van der Waals surface area contributed by atoms with Gasteiger partial charge in [-0.1, -0.05) is 25.1 Å². The second-order valence-electron chi connectivity index (χ2n) is 6.49. The predicted molar refractivity (Wildman–Crippen MR) is 94.5 cm³/mol. The fraction of sp³-hybridized carbons (Fsp3) is 0.421. The van der Waals surface area contributed by atoms with Gasteiger partial charge in [-0.25, -0.2) is 9.97 Å². The van der Waals surface area contributed by atoms with Crippen molar-refractivity contribution >= 4 is 5.91 Å². The van der Waals surface area contributed by atoms with E-state index >= 15 is 0 Å². The second kappa shape index (κ2) is 7.09. The van der Waals surface area contributed by atoms with Crippen molar-refractivity contribution in [2.75, 3.05) is 13.1 Å². The maximum Gasteiger partial charge on any atom is 0.255 e.